The SMILES string of the molecule is CCC(CCO)NC(=O)NC(CC)c1noc(C)n1. The van der Waals surface area contributed by atoms with Gasteiger partial charge in [-0.2, -0.15) is 4.98 Å². The third kappa shape index (κ3) is 4.86. The molecule has 0 saturated carbocycles. The highest BCUT2D eigenvalue weighted by Gasteiger charge is 2.19. The molecular weight excluding hydrogens is 248 g/mol. The summed E-state index contributed by atoms with van der Waals surface area (Å²) in [5.41, 5.74) is 0. The van der Waals surface area contributed by atoms with Gasteiger partial charge in [0.05, 0.1) is 6.04 Å². The van der Waals surface area contributed by atoms with Crippen molar-refractivity contribution in [3.8, 4) is 0 Å². The molecular formula is C12H22N4O3. The summed E-state index contributed by atoms with van der Waals surface area (Å²) in [6.07, 6.45) is 1.98. The first-order valence-corrected chi connectivity index (χ1v) is 6.58. The first-order valence-electron chi connectivity index (χ1n) is 6.58. The summed E-state index contributed by atoms with van der Waals surface area (Å²) in [6.45, 7) is 5.65. The quantitative estimate of drug-likeness (QED) is 0.693. The van der Waals surface area contributed by atoms with Crippen LogP contribution in [-0.4, -0.2) is 33.9 Å². The number of carbonyl (C=O) groups is 1. The molecule has 1 aromatic heterocycles. The Morgan fingerprint density at radius 1 is 1.37 bits per heavy atom. The summed E-state index contributed by atoms with van der Waals surface area (Å²) in [7, 11) is 0. The van der Waals surface area contributed by atoms with E-state index in [4.69, 9.17) is 9.63 Å². The molecule has 7 heteroatoms. The summed E-state index contributed by atoms with van der Waals surface area (Å²) < 4.78 is 4.90. The standard InChI is InChI=1S/C12H22N4O3/c1-4-9(6-7-17)14-12(18)15-10(5-2)11-13-8(3)19-16-11/h9-10,17H,4-7H2,1-3H3,(H2,14,15,18). The smallest absolute Gasteiger partial charge is 0.315 e. The van der Waals surface area contributed by atoms with Crippen LogP contribution in [0.1, 0.15) is 50.9 Å². The van der Waals surface area contributed by atoms with Gasteiger partial charge < -0.3 is 20.3 Å². The van der Waals surface area contributed by atoms with Crippen molar-refractivity contribution in [1.29, 1.82) is 0 Å². The minimum absolute atomic E-state index is 0.0329. The third-order valence-electron chi connectivity index (χ3n) is 2.87. The summed E-state index contributed by atoms with van der Waals surface area (Å²) in [5.74, 6) is 0.952. The number of rotatable bonds is 7. The van der Waals surface area contributed by atoms with Crippen LogP contribution in [0.5, 0.6) is 0 Å². The number of amides is 2. The second-order valence-corrected chi connectivity index (χ2v) is 4.37. The molecule has 0 bridgehead atoms. The van der Waals surface area contributed by atoms with Gasteiger partial charge in [0.25, 0.3) is 0 Å². The molecule has 0 aliphatic rings. The highest BCUT2D eigenvalue weighted by Crippen LogP contribution is 2.12. The second-order valence-electron chi connectivity index (χ2n) is 4.37. The number of aliphatic hydroxyl groups excluding tert-OH is 1. The highest BCUT2D eigenvalue weighted by atomic mass is 16.5. The fourth-order valence-electron chi connectivity index (χ4n) is 1.73. The van der Waals surface area contributed by atoms with Gasteiger partial charge in [0, 0.05) is 19.6 Å². The maximum Gasteiger partial charge on any atom is 0.315 e. The zero-order valence-corrected chi connectivity index (χ0v) is 11.6. The number of nitrogens with zero attached hydrogens (tertiary/aromatic N) is 2. The molecule has 0 radical (unpaired) electrons. The first kappa shape index (κ1) is 15.4. The van der Waals surface area contributed by atoms with Crippen molar-refractivity contribution in [2.45, 2.75) is 52.1 Å². The molecule has 2 amide bonds. The number of hydrogen-bond acceptors (Lipinski definition) is 5. The van der Waals surface area contributed by atoms with Crippen molar-refractivity contribution in [1.82, 2.24) is 20.8 Å². The predicted molar refractivity (Wildman–Crippen MR) is 69.5 cm³/mol. The van der Waals surface area contributed by atoms with Crippen LogP contribution in [0.2, 0.25) is 0 Å². The van der Waals surface area contributed by atoms with Crippen molar-refractivity contribution in [3.63, 3.8) is 0 Å². The van der Waals surface area contributed by atoms with E-state index in [1.807, 2.05) is 13.8 Å². The Morgan fingerprint density at radius 2 is 2.11 bits per heavy atom. The average molecular weight is 270 g/mol. The van der Waals surface area contributed by atoms with Gasteiger partial charge in [-0.15, -0.1) is 0 Å². The van der Waals surface area contributed by atoms with E-state index >= 15 is 0 Å². The van der Waals surface area contributed by atoms with Gasteiger partial charge in [-0.1, -0.05) is 19.0 Å². The van der Waals surface area contributed by atoms with Crippen LogP contribution in [0.3, 0.4) is 0 Å². The molecule has 19 heavy (non-hydrogen) atoms. The monoisotopic (exact) mass is 270 g/mol. The van der Waals surface area contributed by atoms with E-state index in [-0.39, 0.29) is 24.7 Å². The maximum atomic E-state index is 11.8. The lowest BCUT2D eigenvalue weighted by Gasteiger charge is -2.19. The molecule has 0 aromatic carbocycles. The minimum atomic E-state index is -0.283. The first-order chi connectivity index (χ1) is 9.10. The predicted octanol–water partition coefficient (Wildman–Crippen LogP) is 1.29. The Morgan fingerprint density at radius 3 is 2.58 bits per heavy atom. The largest absolute Gasteiger partial charge is 0.396 e. The summed E-state index contributed by atoms with van der Waals surface area (Å²) >= 11 is 0. The van der Waals surface area contributed by atoms with Gasteiger partial charge in [-0.25, -0.2) is 4.79 Å². The Hall–Kier alpha value is -1.63. The number of nitrogens with one attached hydrogen (secondary N) is 2. The maximum absolute atomic E-state index is 11.8. The van der Waals surface area contributed by atoms with Crippen LogP contribution >= 0.6 is 0 Å². The van der Waals surface area contributed by atoms with E-state index < -0.39 is 0 Å². The van der Waals surface area contributed by atoms with Gasteiger partial charge in [0.15, 0.2) is 5.82 Å². The topological polar surface area (TPSA) is 100 Å². The van der Waals surface area contributed by atoms with Crippen LogP contribution in [0.4, 0.5) is 4.79 Å². The van der Waals surface area contributed by atoms with Crippen LogP contribution in [-0.2, 0) is 0 Å². The Labute approximate surface area is 112 Å². The fourth-order valence-corrected chi connectivity index (χ4v) is 1.73. The molecule has 108 valence electrons. The van der Waals surface area contributed by atoms with Gasteiger partial charge in [0.2, 0.25) is 5.89 Å². The molecule has 7 nitrogen and oxygen atoms in total. The van der Waals surface area contributed by atoms with E-state index in [9.17, 15) is 4.79 Å². The minimum Gasteiger partial charge on any atom is -0.396 e. The average Bonchev–Trinajstić information content (AvgIpc) is 2.82. The third-order valence-corrected chi connectivity index (χ3v) is 2.87. The molecule has 3 N–H and O–H groups in total. The van der Waals surface area contributed by atoms with Crippen LogP contribution in [0, 0.1) is 6.92 Å². The zero-order chi connectivity index (χ0) is 14.3. The summed E-state index contributed by atoms with van der Waals surface area (Å²) in [6, 6.07) is -0.590. The van der Waals surface area contributed by atoms with Crippen molar-refractivity contribution in [2.75, 3.05) is 6.61 Å². The second kappa shape index (κ2) is 7.73. The summed E-state index contributed by atoms with van der Waals surface area (Å²) in [5, 5.41) is 18.3. The van der Waals surface area contributed by atoms with Gasteiger partial charge in [-0.3, -0.25) is 0 Å². The molecule has 0 spiro atoms. The van der Waals surface area contributed by atoms with E-state index in [2.05, 4.69) is 20.8 Å². The number of aromatic nitrogens is 2. The number of hydrogen-bond donors (Lipinski definition) is 3. The number of carbonyl (C=O) groups excluding carboxylic acids is 1. The van der Waals surface area contributed by atoms with Crippen molar-refractivity contribution in [3.05, 3.63) is 11.7 Å². The molecule has 2 unspecified atom stereocenters. The van der Waals surface area contributed by atoms with E-state index in [1.54, 1.807) is 6.92 Å². The normalized spacial score (nSPS) is 13.9. The van der Waals surface area contributed by atoms with Crippen LogP contribution < -0.4 is 10.6 Å². The Bertz CT molecular complexity index is 394. The Balaban J connectivity index is 2.53. The summed E-state index contributed by atoms with van der Waals surface area (Å²) in [4.78, 5) is 16.0. The van der Waals surface area contributed by atoms with Gasteiger partial charge in [0.1, 0.15) is 0 Å². The van der Waals surface area contributed by atoms with Crippen LogP contribution in [0.25, 0.3) is 0 Å². The van der Waals surface area contributed by atoms with Crippen molar-refractivity contribution < 1.29 is 14.4 Å². The molecule has 0 aliphatic heterocycles. The Kier molecular flexibility index (Phi) is 6.27. The molecule has 1 rings (SSSR count). The van der Waals surface area contributed by atoms with Gasteiger partial charge in [-0.05, 0) is 19.3 Å². The van der Waals surface area contributed by atoms with Gasteiger partial charge >= 0.3 is 6.03 Å². The van der Waals surface area contributed by atoms with Crippen LogP contribution in [0.15, 0.2) is 4.52 Å². The van der Waals surface area contributed by atoms with E-state index in [0.717, 1.165) is 6.42 Å². The number of urea groups is 1. The van der Waals surface area contributed by atoms with Crippen molar-refractivity contribution >= 4 is 6.03 Å². The van der Waals surface area contributed by atoms with Crippen molar-refractivity contribution in [2.24, 2.45) is 0 Å². The molecule has 0 aliphatic carbocycles. The molecule has 1 heterocycles. The molecule has 0 fully saturated rings. The zero-order valence-electron chi connectivity index (χ0n) is 11.6. The lowest BCUT2D eigenvalue weighted by Crippen LogP contribution is -2.43. The number of aryl methyl sites for hydroxylation is 1. The van der Waals surface area contributed by atoms with E-state index in [1.165, 1.54) is 0 Å². The number of aliphatic hydroxyl groups is 1. The molecule has 1 aromatic rings. The fraction of sp³-hybridized carbons (Fsp3) is 0.750. The molecule has 2 atom stereocenters. The molecule has 0 saturated heterocycles. The highest BCUT2D eigenvalue weighted by molar-refractivity contribution is 5.74. The lowest BCUT2D eigenvalue weighted by atomic mass is 10.1. The van der Waals surface area contributed by atoms with E-state index in [0.29, 0.717) is 24.6 Å². The lowest BCUT2D eigenvalue weighted by molar-refractivity contribution is 0.223.